The maximum absolute atomic E-state index is 6.44. The van der Waals surface area contributed by atoms with Gasteiger partial charge in [-0.15, -0.1) is 0 Å². The Kier molecular flexibility index (Phi) is 4.36. The molecule has 0 aromatic heterocycles. The monoisotopic (exact) mass is 362 g/mol. The van der Waals surface area contributed by atoms with Crippen molar-refractivity contribution in [2.75, 3.05) is 0 Å². The fourth-order valence-electron chi connectivity index (χ4n) is 2.33. The topological polar surface area (TPSA) is 0 Å². The average molecular weight is 363 g/mol. The van der Waals surface area contributed by atoms with E-state index in [1.807, 2.05) is 6.08 Å². The van der Waals surface area contributed by atoms with Crippen molar-refractivity contribution < 1.29 is 0 Å². The molecule has 1 atom stereocenters. The van der Waals surface area contributed by atoms with Crippen LogP contribution in [0.1, 0.15) is 0 Å². The Morgan fingerprint density at radius 1 is 0.750 bits per heavy atom. The van der Waals surface area contributed by atoms with Crippen LogP contribution in [0.15, 0.2) is 82.9 Å². The molecule has 0 nitrogen and oxygen atoms in total. The summed E-state index contributed by atoms with van der Waals surface area (Å²) >= 11 is 11.1. The molecule has 100 valence electrons. The van der Waals surface area contributed by atoms with E-state index in [4.69, 9.17) is 23.2 Å². The van der Waals surface area contributed by atoms with E-state index in [1.165, 1.54) is 8.70 Å². The molecule has 1 aliphatic rings. The molecule has 0 aliphatic heterocycles. The first-order chi connectivity index (χ1) is 9.77. The normalized spacial score (nSPS) is 18.1. The van der Waals surface area contributed by atoms with Gasteiger partial charge < -0.3 is 0 Å². The summed E-state index contributed by atoms with van der Waals surface area (Å²) in [6, 6.07) is 21.3. The van der Waals surface area contributed by atoms with Crippen molar-refractivity contribution in [3.8, 4) is 0 Å². The van der Waals surface area contributed by atoms with Gasteiger partial charge in [0.1, 0.15) is 0 Å². The molecule has 0 amide bonds. The first-order valence-corrected chi connectivity index (χ1v) is 10.1. The number of allylic oxidation sites excluding steroid dienone is 4. The van der Waals surface area contributed by atoms with Gasteiger partial charge in [0, 0.05) is 0 Å². The molecule has 1 aliphatic carbocycles. The van der Waals surface area contributed by atoms with E-state index in [2.05, 4.69) is 66.7 Å². The predicted molar refractivity (Wildman–Crippen MR) is 89.5 cm³/mol. The van der Waals surface area contributed by atoms with Gasteiger partial charge in [0.05, 0.1) is 0 Å². The summed E-state index contributed by atoms with van der Waals surface area (Å²) in [6.07, 6.45) is 4.09. The molecule has 1 unspecified atom stereocenters. The third kappa shape index (κ3) is 2.74. The van der Waals surface area contributed by atoms with Gasteiger partial charge in [-0.1, -0.05) is 0 Å². The minimum atomic E-state index is -1.54. The Hall–Kier alpha value is -0.942. The van der Waals surface area contributed by atoms with Crippen LogP contribution in [0, 0.1) is 0 Å². The molecule has 2 aromatic carbocycles. The zero-order chi connectivity index (χ0) is 13.9. The zero-order valence-electron chi connectivity index (χ0n) is 10.7. The molecule has 3 heteroatoms. The molecule has 0 heterocycles. The van der Waals surface area contributed by atoms with Crippen LogP contribution in [0.3, 0.4) is 0 Å². The Bertz CT molecular complexity index is 608. The molecule has 0 saturated carbocycles. The van der Waals surface area contributed by atoms with Gasteiger partial charge >= 0.3 is 134 Å². The molecule has 0 radical (unpaired) electrons. The number of hydrogen-bond acceptors (Lipinski definition) is 0. The fourth-order valence-corrected chi connectivity index (χ4v) is 8.68. The van der Waals surface area contributed by atoms with Crippen molar-refractivity contribution in [2.24, 2.45) is 0 Å². The van der Waals surface area contributed by atoms with E-state index in [9.17, 15) is 0 Å². The van der Waals surface area contributed by atoms with E-state index in [0.29, 0.717) is 5.03 Å². The average Bonchev–Trinajstić information content (AvgIpc) is 2.82. The summed E-state index contributed by atoms with van der Waals surface area (Å²) in [5, 5.41) is 1.47. The molecular weight excluding hydrogens is 350 g/mol. The van der Waals surface area contributed by atoms with Crippen LogP contribution in [0.4, 0.5) is 0 Å². The maximum atomic E-state index is 6.44. The second kappa shape index (κ2) is 6.22. The second-order valence-corrected chi connectivity index (χ2v) is 10.2. The standard InChI is InChI=1S/C17H13AsCl2/c19-16-12-11-15(17(16)20)18(13-7-3-1-4-8-13)14-9-5-2-6-10-14/h1-12,15H. The van der Waals surface area contributed by atoms with Gasteiger partial charge in [0.2, 0.25) is 0 Å². The van der Waals surface area contributed by atoms with Crippen LogP contribution in [-0.2, 0) is 0 Å². The molecule has 3 rings (SSSR count). The zero-order valence-corrected chi connectivity index (χ0v) is 14.1. The van der Waals surface area contributed by atoms with Crippen LogP contribution >= 0.6 is 23.2 Å². The van der Waals surface area contributed by atoms with Gasteiger partial charge in [-0.3, -0.25) is 0 Å². The number of hydrogen-bond donors (Lipinski definition) is 0. The first-order valence-electron chi connectivity index (χ1n) is 6.40. The molecular formula is C17H13AsCl2. The number of halogens is 2. The number of rotatable bonds is 3. The molecule has 0 bridgehead atoms. The Morgan fingerprint density at radius 2 is 1.25 bits per heavy atom. The third-order valence-electron chi connectivity index (χ3n) is 3.26. The van der Waals surface area contributed by atoms with Crippen LogP contribution in [-0.4, -0.2) is 14.7 Å². The van der Waals surface area contributed by atoms with Crippen molar-refractivity contribution in [3.05, 3.63) is 82.9 Å². The first kappa shape index (κ1) is 14.0. The molecule has 0 spiro atoms. The van der Waals surface area contributed by atoms with Crippen molar-refractivity contribution in [1.29, 1.82) is 0 Å². The molecule has 2 aromatic rings. The van der Waals surface area contributed by atoms with E-state index in [-0.39, 0.29) is 4.71 Å². The van der Waals surface area contributed by atoms with Crippen molar-refractivity contribution in [3.63, 3.8) is 0 Å². The van der Waals surface area contributed by atoms with E-state index >= 15 is 0 Å². The van der Waals surface area contributed by atoms with Gasteiger partial charge in [-0.2, -0.15) is 0 Å². The molecule has 0 fully saturated rings. The summed E-state index contributed by atoms with van der Waals surface area (Å²) in [5.41, 5.74) is 0. The summed E-state index contributed by atoms with van der Waals surface area (Å²) in [4.78, 5) is 0. The Morgan fingerprint density at radius 3 is 1.65 bits per heavy atom. The van der Waals surface area contributed by atoms with E-state index in [0.717, 1.165) is 5.03 Å². The Labute approximate surface area is 134 Å². The van der Waals surface area contributed by atoms with Crippen LogP contribution in [0.5, 0.6) is 0 Å². The Balaban J connectivity index is 2.08. The van der Waals surface area contributed by atoms with Gasteiger partial charge in [-0.05, 0) is 0 Å². The quantitative estimate of drug-likeness (QED) is 0.726. The van der Waals surface area contributed by atoms with Gasteiger partial charge in [0.15, 0.2) is 0 Å². The van der Waals surface area contributed by atoms with Crippen molar-refractivity contribution in [2.45, 2.75) is 4.71 Å². The molecule has 20 heavy (non-hydrogen) atoms. The SMILES string of the molecule is ClC1=C(Cl)C([As](c2ccccc2)c2ccccc2)C=C1. The number of benzene rings is 2. The van der Waals surface area contributed by atoms with Gasteiger partial charge in [0.25, 0.3) is 0 Å². The van der Waals surface area contributed by atoms with Crippen molar-refractivity contribution in [1.82, 2.24) is 0 Å². The van der Waals surface area contributed by atoms with E-state index in [1.54, 1.807) is 0 Å². The second-order valence-electron chi connectivity index (χ2n) is 4.54. The summed E-state index contributed by atoms with van der Waals surface area (Å²) in [7, 11) is 0. The molecule has 0 saturated heterocycles. The van der Waals surface area contributed by atoms with E-state index < -0.39 is 14.7 Å². The fraction of sp³-hybridized carbons (Fsp3) is 0.0588. The predicted octanol–water partition coefficient (Wildman–Crippen LogP) is 3.92. The van der Waals surface area contributed by atoms with Crippen LogP contribution < -0.4 is 8.70 Å². The minimum absolute atomic E-state index is 0.251. The van der Waals surface area contributed by atoms with Crippen molar-refractivity contribution >= 4 is 46.6 Å². The van der Waals surface area contributed by atoms with Crippen LogP contribution in [0.25, 0.3) is 0 Å². The summed E-state index contributed by atoms with van der Waals surface area (Å²) < 4.78 is 3.04. The third-order valence-corrected chi connectivity index (χ3v) is 10.1. The summed E-state index contributed by atoms with van der Waals surface area (Å²) in [6.45, 7) is 0. The van der Waals surface area contributed by atoms with Crippen LogP contribution in [0.2, 0.25) is 4.71 Å². The summed E-state index contributed by atoms with van der Waals surface area (Å²) in [5.74, 6) is 0. The van der Waals surface area contributed by atoms with Gasteiger partial charge in [-0.25, -0.2) is 0 Å². The molecule has 0 N–H and O–H groups in total.